The van der Waals surface area contributed by atoms with E-state index in [4.69, 9.17) is 0 Å². The number of ketones is 1. The maximum absolute atomic E-state index is 12.3. The summed E-state index contributed by atoms with van der Waals surface area (Å²) in [6.07, 6.45) is 0. The fourth-order valence-electron chi connectivity index (χ4n) is 2.08. The van der Waals surface area contributed by atoms with Gasteiger partial charge in [-0.3, -0.25) is 9.36 Å². The molecule has 0 aliphatic carbocycles. The predicted octanol–water partition coefficient (Wildman–Crippen LogP) is 2.81. The molecule has 1 aromatic carbocycles. The summed E-state index contributed by atoms with van der Waals surface area (Å²) in [5.41, 5.74) is 2.49. The van der Waals surface area contributed by atoms with Gasteiger partial charge < -0.3 is 0 Å². The van der Waals surface area contributed by atoms with E-state index in [2.05, 4.69) is 20.9 Å². The van der Waals surface area contributed by atoms with Gasteiger partial charge in [0.25, 0.3) is 0 Å². The Bertz CT molecular complexity index is 735. The average molecular weight is 335 g/mol. The molecule has 1 heterocycles. The van der Waals surface area contributed by atoms with E-state index < -0.39 is 5.69 Å². The van der Waals surface area contributed by atoms with Gasteiger partial charge in [0.2, 0.25) is 0 Å². The number of carbonyl (C=O) groups is 1. The maximum Gasteiger partial charge on any atom is 0.348 e. The number of rotatable bonds is 3. The van der Waals surface area contributed by atoms with E-state index in [-0.39, 0.29) is 12.3 Å². The summed E-state index contributed by atoms with van der Waals surface area (Å²) in [5, 5.41) is 0. The highest BCUT2D eigenvalue weighted by Crippen LogP contribution is 2.17. The molecule has 20 heavy (non-hydrogen) atoms. The molecule has 4 nitrogen and oxygen atoms in total. The summed E-state index contributed by atoms with van der Waals surface area (Å²) in [7, 11) is 0. The molecule has 0 N–H and O–H groups in total. The molecule has 1 aromatic heterocycles. The number of halogens is 1. The fourth-order valence-corrected chi connectivity index (χ4v) is 2.38. The van der Waals surface area contributed by atoms with Crippen molar-refractivity contribution in [3.05, 3.63) is 61.7 Å². The third-order valence-corrected chi connectivity index (χ3v) is 4.43. The number of hydrogen-bond donors (Lipinski definition) is 0. The molecule has 0 spiro atoms. The zero-order valence-electron chi connectivity index (χ0n) is 11.6. The van der Waals surface area contributed by atoms with Crippen molar-refractivity contribution in [2.75, 3.05) is 0 Å². The minimum Gasteiger partial charge on any atom is -0.292 e. The summed E-state index contributed by atoms with van der Waals surface area (Å²) < 4.78 is 2.15. The zero-order valence-corrected chi connectivity index (χ0v) is 13.2. The summed E-state index contributed by atoms with van der Waals surface area (Å²) in [6, 6.07) is 7.35. The van der Waals surface area contributed by atoms with Crippen LogP contribution in [0.1, 0.15) is 27.3 Å². The number of Topliss-reactive ketones (excluding diaryl/α,β-unsaturated/α-hetero) is 1. The van der Waals surface area contributed by atoms with Crippen molar-refractivity contribution in [2.45, 2.75) is 27.3 Å². The number of nitrogens with zero attached hydrogens (tertiary/aromatic N) is 2. The smallest absolute Gasteiger partial charge is 0.292 e. The lowest BCUT2D eigenvalue weighted by molar-refractivity contribution is 0.0968. The minimum atomic E-state index is -0.398. The third-order valence-electron chi connectivity index (χ3n) is 3.28. The monoisotopic (exact) mass is 334 g/mol. The van der Waals surface area contributed by atoms with E-state index >= 15 is 0 Å². The van der Waals surface area contributed by atoms with Gasteiger partial charge in [-0.15, -0.1) is 0 Å². The van der Waals surface area contributed by atoms with E-state index in [0.717, 1.165) is 10.0 Å². The van der Waals surface area contributed by atoms with Crippen LogP contribution in [0, 0.1) is 20.8 Å². The topological polar surface area (TPSA) is 52.0 Å². The van der Waals surface area contributed by atoms with Crippen LogP contribution in [0.5, 0.6) is 0 Å². The highest BCUT2D eigenvalue weighted by molar-refractivity contribution is 9.10. The normalized spacial score (nSPS) is 10.6. The van der Waals surface area contributed by atoms with Gasteiger partial charge in [0.15, 0.2) is 5.78 Å². The third kappa shape index (κ3) is 2.72. The van der Waals surface area contributed by atoms with Crippen LogP contribution in [0.25, 0.3) is 0 Å². The molecule has 104 valence electrons. The Hall–Kier alpha value is -1.75. The molecule has 2 aromatic rings. The van der Waals surface area contributed by atoms with Gasteiger partial charge in [-0.2, -0.15) is 4.98 Å². The number of aryl methyl sites for hydroxylation is 2. The van der Waals surface area contributed by atoms with E-state index in [9.17, 15) is 9.59 Å². The second kappa shape index (κ2) is 5.71. The molecule has 0 aliphatic rings. The standard InChI is InChI=1S/C15H15BrN2O2/c1-9-6-4-5-7-12(9)13(19)8-18-11(3)14(16)10(2)17-15(18)20/h4-7H,8H2,1-3H3. The molecular formula is C15H15BrN2O2. The van der Waals surface area contributed by atoms with Crippen molar-refractivity contribution in [1.29, 1.82) is 0 Å². The van der Waals surface area contributed by atoms with Crippen LogP contribution in [0.2, 0.25) is 0 Å². The molecule has 0 radical (unpaired) electrons. The van der Waals surface area contributed by atoms with Gasteiger partial charge in [0.05, 0.1) is 16.7 Å². The van der Waals surface area contributed by atoms with Gasteiger partial charge >= 0.3 is 5.69 Å². The highest BCUT2D eigenvalue weighted by Gasteiger charge is 2.14. The van der Waals surface area contributed by atoms with Gasteiger partial charge in [0, 0.05) is 11.3 Å². The van der Waals surface area contributed by atoms with E-state index in [1.54, 1.807) is 19.9 Å². The molecule has 0 atom stereocenters. The quantitative estimate of drug-likeness (QED) is 0.811. The Kier molecular flexibility index (Phi) is 4.18. The van der Waals surface area contributed by atoms with Crippen LogP contribution in [0.3, 0.4) is 0 Å². The minimum absolute atomic E-state index is 0.00139. The first kappa shape index (κ1) is 14.7. The fraction of sp³-hybridized carbons (Fsp3) is 0.267. The van der Waals surface area contributed by atoms with Crippen molar-refractivity contribution in [3.63, 3.8) is 0 Å². The summed E-state index contributed by atoms with van der Waals surface area (Å²) >= 11 is 3.39. The molecule has 0 saturated heterocycles. The molecule has 0 saturated carbocycles. The van der Waals surface area contributed by atoms with Crippen LogP contribution in [0.15, 0.2) is 33.5 Å². The van der Waals surface area contributed by atoms with Crippen LogP contribution in [-0.2, 0) is 6.54 Å². The summed E-state index contributed by atoms with van der Waals surface area (Å²) in [5.74, 6) is -0.0918. The van der Waals surface area contributed by atoms with Gasteiger partial charge in [-0.25, -0.2) is 4.79 Å². The lowest BCUT2D eigenvalue weighted by Crippen LogP contribution is -2.29. The first-order valence-electron chi connectivity index (χ1n) is 6.24. The number of benzene rings is 1. The largest absolute Gasteiger partial charge is 0.348 e. The van der Waals surface area contributed by atoms with Crippen LogP contribution >= 0.6 is 15.9 Å². The van der Waals surface area contributed by atoms with Crippen molar-refractivity contribution in [3.8, 4) is 0 Å². The number of aromatic nitrogens is 2. The second-order valence-electron chi connectivity index (χ2n) is 4.70. The molecule has 0 aliphatic heterocycles. The Morgan fingerprint density at radius 2 is 1.90 bits per heavy atom. The lowest BCUT2D eigenvalue weighted by Gasteiger charge is -2.12. The Labute approximate surface area is 125 Å². The average Bonchev–Trinajstić information content (AvgIpc) is 2.41. The van der Waals surface area contributed by atoms with Gasteiger partial charge in [-0.05, 0) is 42.3 Å². The van der Waals surface area contributed by atoms with Gasteiger partial charge in [0.1, 0.15) is 0 Å². The molecule has 0 unspecified atom stereocenters. The van der Waals surface area contributed by atoms with Crippen LogP contribution in [0.4, 0.5) is 0 Å². The first-order valence-corrected chi connectivity index (χ1v) is 7.03. The van der Waals surface area contributed by atoms with Crippen LogP contribution < -0.4 is 5.69 Å². The Balaban J connectivity index is 2.41. The highest BCUT2D eigenvalue weighted by atomic mass is 79.9. The first-order chi connectivity index (χ1) is 9.41. The maximum atomic E-state index is 12.3. The van der Waals surface area contributed by atoms with E-state index in [0.29, 0.717) is 17.0 Å². The predicted molar refractivity (Wildman–Crippen MR) is 81.2 cm³/mol. The number of hydrogen-bond acceptors (Lipinski definition) is 3. The van der Waals surface area contributed by atoms with E-state index in [1.165, 1.54) is 4.57 Å². The van der Waals surface area contributed by atoms with E-state index in [1.807, 2.05) is 25.1 Å². The van der Waals surface area contributed by atoms with Crippen molar-refractivity contribution < 1.29 is 4.79 Å². The molecule has 0 amide bonds. The van der Waals surface area contributed by atoms with Gasteiger partial charge in [-0.1, -0.05) is 24.3 Å². The van der Waals surface area contributed by atoms with Crippen molar-refractivity contribution >= 4 is 21.7 Å². The van der Waals surface area contributed by atoms with Crippen molar-refractivity contribution in [2.24, 2.45) is 0 Å². The second-order valence-corrected chi connectivity index (χ2v) is 5.50. The van der Waals surface area contributed by atoms with Crippen LogP contribution in [-0.4, -0.2) is 15.3 Å². The summed E-state index contributed by atoms with van der Waals surface area (Å²) in [4.78, 5) is 28.2. The SMILES string of the molecule is Cc1ccccc1C(=O)Cn1c(C)c(Br)c(C)nc1=O. The molecule has 2 rings (SSSR count). The Morgan fingerprint density at radius 3 is 2.55 bits per heavy atom. The lowest BCUT2D eigenvalue weighted by atomic mass is 10.0. The zero-order chi connectivity index (χ0) is 14.9. The molecule has 0 fully saturated rings. The molecule has 5 heteroatoms. The number of carbonyl (C=O) groups excluding carboxylic acids is 1. The molecule has 0 bridgehead atoms. The van der Waals surface area contributed by atoms with Crippen molar-refractivity contribution in [1.82, 2.24) is 9.55 Å². The Morgan fingerprint density at radius 1 is 1.25 bits per heavy atom. The molecular weight excluding hydrogens is 320 g/mol. The summed E-state index contributed by atoms with van der Waals surface area (Å²) in [6.45, 7) is 5.44.